The maximum atomic E-state index is 12.6. The molecule has 4 rings (SSSR count). The van der Waals surface area contributed by atoms with Gasteiger partial charge in [0.25, 0.3) is 5.91 Å². The highest BCUT2D eigenvalue weighted by Crippen LogP contribution is 2.26. The van der Waals surface area contributed by atoms with E-state index < -0.39 is 0 Å². The zero-order chi connectivity index (χ0) is 20.4. The van der Waals surface area contributed by atoms with Crippen LogP contribution in [0.25, 0.3) is 0 Å². The number of benzene rings is 2. The van der Waals surface area contributed by atoms with Crippen molar-refractivity contribution in [3.05, 3.63) is 70.2 Å². The molecule has 0 saturated carbocycles. The Labute approximate surface area is 178 Å². The Bertz CT molecular complexity index is 950. The lowest BCUT2D eigenvalue weighted by molar-refractivity contribution is -0.153. The molecule has 2 heterocycles. The first-order valence-corrected chi connectivity index (χ1v) is 10.8. The molecule has 3 amide bonds. The second-order valence-corrected chi connectivity index (χ2v) is 8.45. The molecule has 2 aliphatic heterocycles. The van der Waals surface area contributed by atoms with E-state index in [1.807, 2.05) is 30.3 Å². The number of carbonyl (C=O) groups excluding carboxylic acids is 3. The highest BCUT2D eigenvalue weighted by Gasteiger charge is 2.42. The summed E-state index contributed by atoms with van der Waals surface area (Å²) in [6, 6.07) is 14.1. The summed E-state index contributed by atoms with van der Waals surface area (Å²) in [5.41, 5.74) is 2.26. The number of hydrogen-bond acceptors (Lipinski definition) is 4. The quantitative estimate of drug-likeness (QED) is 0.792. The first-order valence-electron chi connectivity index (χ1n) is 9.29. The van der Waals surface area contributed by atoms with Gasteiger partial charge >= 0.3 is 0 Å². The van der Waals surface area contributed by atoms with Crippen LogP contribution in [-0.4, -0.2) is 51.7 Å². The first kappa shape index (κ1) is 19.8. The Balaban J connectivity index is 1.36. The highest BCUT2D eigenvalue weighted by atomic mass is 35.5. The van der Waals surface area contributed by atoms with Crippen LogP contribution in [0.4, 0.5) is 0 Å². The van der Waals surface area contributed by atoms with Crippen molar-refractivity contribution in [2.24, 2.45) is 0 Å². The van der Waals surface area contributed by atoms with Gasteiger partial charge in [-0.05, 0) is 29.3 Å². The van der Waals surface area contributed by atoms with Crippen LogP contribution in [0.5, 0.6) is 0 Å². The van der Waals surface area contributed by atoms with Gasteiger partial charge < -0.3 is 15.1 Å². The standard InChI is InChI=1S/C21H20ClN3O3S/c22-17-4-2-1-3-16(17)9-23-20(27)15-7-5-14(6-8-15)10-24-11-19(26)25-13-29-12-18(25)21(24)28/h1-8,18H,9-13H2,(H,23,27). The van der Waals surface area contributed by atoms with Gasteiger partial charge in [-0.3, -0.25) is 14.4 Å². The van der Waals surface area contributed by atoms with Crippen molar-refractivity contribution in [3.8, 4) is 0 Å². The third-order valence-electron chi connectivity index (χ3n) is 5.11. The Hall–Kier alpha value is -2.51. The van der Waals surface area contributed by atoms with Crippen LogP contribution in [0.2, 0.25) is 5.02 Å². The van der Waals surface area contributed by atoms with Crippen molar-refractivity contribution in [3.63, 3.8) is 0 Å². The third-order valence-corrected chi connectivity index (χ3v) is 6.49. The molecule has 6 nitrogen and oxygen atoms in total. The maximum absolute atomic E-state index is 12.6. The number of carbonyl (C=O) groups is 3. The minimum atomic E-state index is -0.337. The van der Waals surface area contributed by atoms with E-state index in [1.165, 1.54) is 0 Å². The van der Waals surface area contributed by atoms with Crippen molar-refractivity contribution in [1.29, 1.82) is 0 Å². The predicted octanol–water partition coefficient (Wildman–Crippen LogP) is 2.51. The van der Waals surface area contributed by atoms with Crippen LogP contribution >= 0.6 is 23.4 Å². The van der Waals surface area contributed by atoms with Crippen LogP contribution in [0.15, 0.2) is 48.5 Å². The fraction of sp³-hybridized carbons (Fsp3) is 0.286. The molecule has 0 radical (unpaired) electrons. The van der Waals surface area contributed by atoms with E-state index >= 15 is 0 Å². The number of piperazine rings is 1. The molecule has 0 spiro atoms. The molecule has 1 atom stereocenters. The minimum Gasteiger partial charge on any atom is -0.348 e. The number of halogens is 1. The molecule has 2 saturated heterocycles. The average molecular weight is 430 g/mol. The Morgan fingerprint density at radius 2 is 1.90 bits per heavy atom. The summed E-state index contributed by atoms with van der Waals surface area (Å²) in [7, 11) is 0. The van der Waals surface area contributed by atoms with Crippen LogP contribution in [0.1, 0.15) is 21.5 Å². The lowest BCUT2D eigenvalue weighted by Crippen LogP contribution is -2.57. The fourth-order valence-electron chi connectivity index (χ4n) is 3.47. The zero-order valence-electron chi connectivity index (χ0n) is 15.6. The first-order chi connectivity index (χ1) is 14.0. The van der Waals surface area contributed by atoms with E-state index in [-0.39, 0.29) is 30.3 Å². The number of hydrogen-bond donors (Lipinski definition) is 1. The smallest absolute Gasteiger partial charge is 0.251 e. The second-order valence-electron chi connectivity index (χ2n) is 7.04. The Morgan fingerprint density at radius 3 is 2.66 bits per heavy atom. The van der Waals surface area contributed by atoms with Gasteiger partial charge in [0.05, 0.1) is 5.88 Å². The number of nitrogens with zero attached hydrogens (tertiary/aromatic N) is 2. The minimum absolute atomic E-state index is 0.00356. The molecule has 1 unspecified atom stereocenters. The SMILES string of the molecule is O=C(NCc1ccccc1Cl)c1ccc(CN2CC(=O)N3CSCC3C2=O)cc1. The third kappa shape index (κ3) is 4.26. The summed E-state index contributed by atoms with van der Waals surface area (Å²) in [6.07, 6.45) is 0. The van der Waals surface area contributed by atoms with E-state index in [0.29, 0.717) is 35.3 Å². The molecule has 8 heteroatoms. The van der Waals surface area contributed by atoms with Crippen LogP contribution in [0.3, 0.4) is 0 Å². The molecule has 1 N–H and O–H groups in total. The van der Waals surface area contributed by atoms with Gasteiger partial charge in [-0.25, -0.2) is 0 Å². The van der Waals surface area contributed by atoms with Crippen molar-refractivity contribution in [2.45, 2.75) is 19.1 Å². The second kappa shape index (κ2) is 8.47. The Morgan fingerprint density at radius 1 is 1.14 bits per heavy atom. The number of thioether (sulfide) groups is 1. The summed E-state index contributed by atoms with van der Waals surface area (Å²) in [4.78, 5) is 40.5. The van der Waals surface area contributed by atoms with Gasteiger partial charge in [-0.2, -0.15) is 0 Å². The van der Waals surface area contributed by atoms with Gasteiger partial charge in [-0.15, -0.1) is 11.8 Å². The van der Waals surface area contributed by atoms with E-state index in [9.17, 15) is 14.4 Å². The van der Waals surface area contributed by atoms with E-state index in [1.54, 1.807) is 39.8 Å². The summed E-state index contributed by atoms with van der Waals surface area (Å²) in [5, 5.41) is 3.47. The van der Waals surface area contributed by atoms with Crippen molar-refractivity contribution in [1.82, 2.24) is 15.1 Å². The van der Waals surface area contributed by atoms with Gasteiger partial charge in [0.15, 0.2) is 0 Å². The average Bonchev–Trinajstić information content (AvgIpc) is 3.22. The van der Waals surface area contributed by atoms with Gasteiger partial charge in [0.2, 0.25) is 11.8 Å². The summed E-state index contributed by atoms with van der Waals surface area (Å²) >= 11 is 7.72. The maximum Gasteiger partial charge on any atom is 0.251 e. The molecule has 0 aliphatic carbocycles. The molecule has 0 bridgehead atoms. The molecule has 150 valence electrons. The van der Waals surface area contributed by atoms with Crippen LogP contribution in [0, 0.1) is 0 Å². The zero-order valence-corrected chi connectivity index (χ0v) is 17.2. The molecule has 0 aromatic heterocycles. The number of fused-ring (bicyclic) bond motifs is 1. The van der Waals surface area contributed by atoms with E-state index in [0.717, 1.165) is 11.1 Å². The van der Waals surface area contributed by atoms with Crippen LogP contribution in [-0.2, 0) is 22.7 Å². The molecule has 2 aromatic rings. The van der Waals surface area contributed by atoms with Gasteiger partial charge in [0, 0.05) is 29.4 Å². The van der Waals surface area contributed by atoms with Crippen molar-refractivity contribution < 1.29 is 14.4 Å². The molecule has 29 heavy (non-hydrogen) atoms. The number of rotatable bonds is 5. The van der Waals surface area contributed by atoms with E-state index in [2.05, 4.69) is 5.32 Å². The summed E-state index contributed by atoms with van der Waals surface area (Å²) < 4.78 is 0. The van der Waals surface area contributed by atoms with Crippen LogP contribution < -0.4 is 5.32 Å². The molecule has 2 aliphatic rings. The normalized spacial score (nSPS) is 18.7. The molecule has 2 aromatic carbocycles. The van der Waals surface area contributed by atoms with E-state index in [4.69, 9.17) is 11.6 Å². The lowest BCUT2D eigenvalue weighted by atomic mass is 10.1. The highest BCUT2D eigenvalue weighted by molar-refractivity contribution is 7.99. The predicted molar refractivity (Wildman–Crippen MR) is 112 cm³/mol. The van der Waals surface area contributed by atoms with Gasteiger partial charge in [-0.1, -0.05) is 41.9 Å². The largest absolute Gasteiger partial charge is 0.348 e. The summed E-state index contributed by atoms with van der Waals surface area (Å²) in [6.45, 7) is 0.817. The monoisotopic (exact) mass is 429 g/mol. The van der Waals surface area contributed by atoms with Gasteiger partial charge in [0.1, 0.15) is 12.6 Å². The number of nitrogens with one attached hydrogen (secondary N) is 1. The lowest BCUT2D eigenvalue weighted by Gasteiger charge is -2.35. The molecular formula is C21H20ClN3O3S. The Kier molecular flexibility index (Phi) is 5.78. The fourth-order valence-corrected chi connectivity index (χ4v) is 4.85. The number of amides is 3. The van der Waals surface area contributed by atoms with Crippen molar-refractivity contribution in [2.75, 3.05) is 18.2 Å². The topological polar surface area (TPSA) is 69.7 Å². The van der Waals surface area contributed by atoms with Crippen molar-refractivity contribution >= 4 is 41.1 Å². The summed E-state index contributed by atoms with van der Waals surface area (Å²) in [5.74, 6) is 1.05. The molecule has 2 fully saturated rings. The molecular weight excluding hydrogens is 410 g/mol.